The predicted octanol–water partition coefficient (Wildman–Crippen LogP) is -0.458. The molecule has 1 aromatic heterocycles. The minimum atomic E-state index is -4.22. The van der Waals surface area contributed by atoms with Crippen LogP contribution in [0.1, 0.15) is 12.0 Å². The lowest BCUT2D eigenvalue weighted by atomic mass is 10.2. The zero-order valence-corrected chi connectivity index (χ0v) is 8.01. The van der Waals surface area contributed by atoms with Crippen molar-refractivity contribution in [1.29, 1.82) is 0 Å². The van der Waals surface area contributed by atoms with Gasteiger partial charge in [-0.15, -0.1) is 0 Å². The second-order valence-corrected chi connectivity index (χ2v) is 4.16. The number of halogens is 2. The van der Waals surface area contributed by atoms with Gasteiger partial charge in [-0.1, -0.05) is 0 Å². The van der Waals surface area contributed by atoms with E-state index in [1.807, 2.05) is 4.98 Å². The summed E-state index contributed by atoms with van der Waals surface area (Å²) < 4.78 is 46.0. The maximum absolute atomic E-state index is 12.2. The van der Waals surface area contributed by atoms with Gasteiger partial charge in [-0.25, -0.2) is 22.3 Å². The predicted molar refractivity (Wildman–Crippen MR) is 47.8 cm³/mol. The second kappa shape index (κ2) is 3.59. The molecule has 6 nitrogen and oxygen atoms in total. The molecule has 9 heteroatoms. The van der Waals surface area contributed by atoms with Crippen LogP contribution in [0.3, 0.4) is 0 Å². The molecule has 0 saturated heterocycles. The number of hydrogen-bond acceptors (Lipinski definition) is 4. The smallest absolute Gasteiger partial charge is 0.269 e. The largest absolute Gasteiger partial charge is 0.393 e. The van der Waals surface area contributed by atoms with Crippen molar-refractivity contribution in [2.24, 2.45) is 5.14 Å². The quantitative estimate of drug-likeness (QED) is 0.647. The molecule has 1 aromatic rings. The summed E-state index contributed by atoms with van der Waals surface area (Å²) in [5, 5.41) is 3.92. The fourth-order valence-corrected chi connectivity index (χ4v) is 1.57. The average Bonchev–Trinajstić information content (AvgIpc) is 2.06. The Morgan fingerprint density at radius 3 is 2.33 bits per heavy atom. The van der Waals surface area contributed by atoms with E-state index in [-0.39, 0.29) is 0 Å². The van der Waals surface area contributed by atoms with E-state index in [4.69, 9.17) is 5.73 Å². The standard InChI is InChI=1S/C6H7F2N3O3S/c7-5(8)2-1-11-6(15(10,13)14)3(9)4(2)12/h1,5H,9H2,(H,11,12)(H2,10,13,14). The number of H-pyrrole nitrogens is 1. The van der Waals surface area contributed by atoms with Crippen LogP contribution in [0, 0.1) is 0 Å². The van der Waals surface area contributed by atoms with E-state index < -0.39 is 38.2 Å². The Hall–Kier alpha value is -1.48. The van der Waals surface area contributed by atoms with Gasteiger partial charge in [0.2, 0.25) is 5.43 Å². The zero-order chi connectivity index (χ0) is 11.8. The van der Waals surface area contributed by atoms with Crippen LogP contribution in [0.15, 0.2) is 16.0 Å². The minimum Gasteiger partial charge on any atom is -0.393 e. The van der Waals surface area contributed by atoms with E-state index in [9.17, 15) is 22.0 Å². The number of aromatic nitrogens is 1. The summed E-state index contributed by atoms with van der Waals surface area (Å²) in [5.41, 5.74) is 2.09. The number of nitrogen functional groups attached to an aromatic ring is 1. The van der Waals surface area contributed by atoms with Crippen LogP contribution in [0.25, 0.3) is 0 Å². The monoisotopic (exact) mass is 239 g/mol. The number of hydrogen-bond donors (Lipinski definition) is 3. The van der Waals surface area contributed by atoms with Crippen LogP contribution in [-0.2, 0) is 10.0 Å². The molecule has 0 aliphatic rings. The van der Waals surface area contributed by atoms with Crippen LogP contribution >= 0.6 is 0 Å². The Morgan fingerprint density at radius 1 is 1.40 bits per heavy atom. The summed E-state index contributed by atoms with van der Waals surface area (Å²) in [7, 11) is -4.22. The number of nitrogens with one attached hydrogen (secondary N) is 1. The number of aromatic amines is 1. The molecule has 0 aliphatic heterocycles. The van der Waals surface area contributed by atoms with Gasteiger partial charge in [-0.2, -0.15) is 0 Å². The molecule has 0 radical (unpaired) electrons. The fourth-order valence-electron chi connectivity index (χ4n) is 0.943. The Bertz CT molecular complexity index is 537. The molecule has 0 aromatic carbocycles. The summed E-state index contributed by atoms with van der Waals surface area (Å²) in [4.78, 5) is 13.1. The number of pyridine rings is 1. The fraction of sp³-hybridized carbons (Fsp3) is 0.167. The van der Waals surface area contributed by atoms with Crippen LogP contribution < -0.4 is 16.3 Å². The maximum Gasteiger partial charge on any atom is 0.269 e. The molecule has 0 atom stereocenters. The van der Waals surface area contributed by atoms with Crippen LogP contribution in [0.4, 0.5) is 14.5 Å². The first-order valence-electron chi connectivity index (χ1n) is 3.57. The van der Waals surface area contributed by atoms with E-state index in [0.29, 0.717) is 6.20 Å². The van der Waals surface area contributed by atoms with Gasteiger partial charge < -0.3 is 10.7 Å². The van der Waals surface area contributed by atoms with Crippen LogP contribution in [0.2, 0.25) is 0 Å². The Kier molecular flexibility index (Phi) is 2.77. The number of sulfonamides is 1. The summed E-state index contributed by atoms with van der Waals surface area (Å²) in [5.74, 6) is 0. The van der Waals surface area contributed by atoms with Crippen molar-refractivity contribution in [2.75, 3.05) is 5.73 Å². The zero-order valence-electron chi connectivity index (χ0n) is 7.20. The summed E-state index contributed by atoms with van der Waals surface area (Å²) >= 11 is 0. The minimum absolute atomic E-state index is 0.573. The third-order valence-electron chi connectivity index (χ3n) is 1.63. The van der Waals surface area contributed by atoms with Gasteiger partial charge in [-0.05, 0) is 0 Å². The molecule has 0 fully saturated rings. The van der Waals surface area contributed by atoms with Crippen molar-refractivity contribution in [2.45, 2.75) is 11.5 Å². The van der Waals surface area contributed by atoms with Gasteiger partial charge in [0.25, 0.3) is 16.4 Å². The molecule has 15 heavy (non-hydrogen) atoms. The van der Waals surface area contributed by atoms with E-state index >= 15 is 0 Å². The number of primary sulfonamides is 1. The highest BCUT2D eigenvalue weighted by atomic mass is 32.2. The Balaban J connectivity index is 3.56. The highest BCUT2D eigenvalue weighted by molar-refractivity contribution is 7.89. The van der Waals surface area contributed by atoms with Crippen molar-refractivity contribution in [1.82, 2.24) is 4.98 Å². The van der Waals surface area contributed by atoms with Crippen molar-refractivity contribution in [3.8, 4) is 0 Å². The molecule has 1 heterocycles. The number of rotatable bonds is 2. The van der Waals surface area contributed by atoms with Gasteiger partial charge in [0.05, 0.1) is 5.56 Å². The summed E-state index contributed by atoms with van der Waals surface area (Å²) in [6.07, 6.45) is -2.46. The lowest BCUT2D eigenvalue weighted by Crippen LogP contribution is -2.23. The topological polar surface area (TPSA) is 119 Å². The Labute approximate surface area is 82.9 Å². The van der Waals surface area contributed by atoms with Crippen molar-refractivity contribution in [3.63, 3.8) is 0 Å². The molecule has 0 bridgehead atoms. The molecule has 0 saturated carbocycles. The molecular formula is C6H7F2N3O3S. The molecule has 0 amide bonds. The molecule has 5 N–H and O–H groups in total. The number of nitrogens with two attached hydrogens (primary N) is 2. The Morgan fingerprint density at radius 2 is 1.93 bits per heavy atom. The SMILES string of the molecule is Nc1c(S(N)(=O)=O)[nH]cc(C(F)F)c1=O. The summed E-state index contributed by atoms with van der Waals surface area (Å²) in [6.45, 7) is 0. The second-order valence-electron chi connectivity index (χ2n) is 2.66. The molecule has 0 spiro atoms. The van der Waals surface area contributed by atoms with Crippen molar-refractivity contribution < 1.29 is 17.2 Å². The van der Waals surface area contributed by atoms with Gasteiger partial charge >= 0.3 is 0 Å². The normalized spacial score (nSPS) is 12.0. The van der Waals surface area contributed by atoms with Gasteiger partial charge in [-0.3, -0.25) is 4.79 Å². The third kappa shape index (κ3) is 2.13. The molecule has 0 aliphatic carbocycles. The van der Waals surface area contributed by atoms with E-state index in [1.54, 1.807) is 0 Å². The third-order valence-corrected chi connectivity index (χ3v) is 2.54. The van der Waals surface area contributed by atoms with Gasteiger partial charge in [0, 0.05) is 6.20 Å². The van der Waals surface area contributed by atoms with Gasteiger partial charge in [0.1, 0.15) is 5.69 Å². The lowest BCUT2D eigenvalue weighted by Gasteiger charge is -2.04. The maximum atomic E-state index is 12.2. The molecular weight excluding hydrogens is 232 g/mol. The lowest BCUT2D eigenvalue weighted by molar-refractivity contribution is 0.149. The first kappa shape index (κ1) is 11.6. The van der Waals surface area contributed by atoms with Crippen LogP contribution in [-0.4, -0.2) is 13.4 Å². The van der Waals surface area contributed by atoms with Crippen molar-refractivity contribution in [3.05, 3.63) is 22.0 Å². The first-order chi connectivity index (χ1) is 6.75. The van der Waals surface area contributed by atoms with Crippen LogP contribution in [0.5, 0.6) is 0 Å². The number of alkyl halides is 2. The highest BCUT2D eigenvalue weighted by Gasteiger charge is 2.20. The van der Waals surface area contributed by atoms with E-state index in [0.717, 1.165) is 0 Å². The molecule has 1 rings (SSSR count). The van der Waals surface area contributed by atoms with Gasteiger partial charge in [0.15, 0.2) is 5.03 Å². The highest BCUT2D eigenvalue weighted by Crippen LogP contribution is 2.17. The first-order valence-corrected chi connectivity index (χ1v) is 5.11. The summed E-state index contributed by atoms with van der Waals surface area (Å²) in [6, 6.07) is 0. The van der Waals surface area contributed by atoms with E-state index in [1.165, 1.54) is 0 Å². The molecule has 84 valence electrons. The number of anilines is 1. The molecule has 0 unspecified atom stereocenters. The van der Waals surface area contributed by atoms with E-state index in [2.05, 4.69) is 5.14 Å². The van der Waals surface area contributed by atoms with Crippen molar-refractivity contribution >= 4 is 15.7 Å². The average molecular weight is 239 g/mol.